The van der Waals surface area contributed by atoms with Crippen LogP contribution in [0.15, 0.2) is 29.2 Å². The fourth-order valence-electron chi connectivity index (χ4n) is 1.23. The molecule has 0 saturated carbocycles. The van der Waals surface area contributed by atoms with Crippen molar-refractivity contribution in [2.75, 3.05) is 6.54 Å². The van der Waals surface area contributed by atoms with Crippen LogP contribution >= 0.6 is 0 Å². The van der Waals surface area contributed by atoms with E-state index >= 15 is 0 Å². The summed E-state index contributed by atoms with van der Waals surface area (Å²) >= 11 is 0. The molecule has 0 saturated heterocycles. The zero-order valence-electron chi connectivity index (χ0n) is 12.7. The van der Waals surface area contributed by atoms with Gasteiger partial charge in [-0.3, -0.25) is 14.4 Å². The van der Waals surface area contributed by atoms with Gasteiger partial charge in [-0.05, 0) is 19.1 Å². The Bertz CT molecular complexity index is 684. The Morgan fingerprint density at radius 1 is 1.08 bits per heavy atom. The molecule has 0 heterocycles. The first kappa shape index (κ1) is 21.5. The Hall–Kier alpha value is -2.50. The topological polar surface area (TPSA) is 184 Å². The number of benzene rings is 1. The van der Waals surface area contributed by atoms with E-state index in [4.69, 9.17) is 21.1 Å². The van der Waals surface area contributed by atoms with Crippen LogP contribution in [0.5, 0.6) is 0 Å². The largest absolute Gasteiger partial charge is 0.481 e. The van der Waals surface area contributed by atoms with Crippen LogP contribution in [-0.2, 0) is 24.4 Å². The SMILES string of the molecule is Cc1ccc(S(=O)(=O)NCC(=O)O)cc1.N[C@@H](CC(=O)O)C(=O)O. The lowest BCUT2D eigenvalue weighted by Crippen LogP contribution is -2.32. The van der Waals surface area contributed by atoms with Crippen molar-refractivity contribution in [2.24, 2.45) is 5.73 Å². The van der Waals surface area contributed by atoms with Crippen LogP contribution in [0.4, 0.5) is 0 Å². The fourth-order valence-corrected chi connectivity index (χ4v) is 2.21. The summed E-state index contributed by atoms with van der Waals surface area (Å²) in [6.07, 6.45) is -0.532. The highest BCUT2D eigenvalue weighted by atomic mass is 32.2. The molecule has 134 valence electrons. The Labute approximate surface area is 138 Å². The quantitative estimate of drug-likeness (QED) is 0.415. The summed E-state index contributed by atoms with van der Waals surface area (Å²) in [6, 6.07) is 4.87. The van der Waals surface area contributed by atoms with Crippen molar-refractivity contribution in [1.29, 1.82) is 0 Å². The van der Waals surface area contributed by atoms with Gasteiger partial charge in [-0.1, -0.05) is 17.7 Å². The first-order chi connectivity index (χ1) is 11.0. The highest BCUT2D eigenvalue weighted by molar-refractivity contribution is 7.89. The van der Waals surface area contributed by atoms with Crippen molar-refractivity contribution in [1.82, 2.24) is 4.72 Å². The average molecular weight is 362 g/mol. The predicted octanol–water partition coefficient (Wildman–Crippen LogP) is -0.769. The van der Waals surface area contributed by atoms with Crippen LogP contribution in [0.3, 0.4) is 0 Å². The molecule has 0 unspecified atom stereocenters. The Balaban J connectivity index is 0.000000506. The van der Waals surface area contributed by atoms with E-state index < -0.39 is 46.9 Å². The van der Waals surface area contributed by atoms with Crippen molar-refractivity contribution in [3.63, 3.8) is 0 Å². The number of aryl methyl sites for hydroxylation is 1. The third kappa shape index (κ3) is 8.82. The molecule has 6 N–H and O–H groups in total. The number of aliphatic carboxylic acids is 3. The summed E-state index contributed by atoms with van der Waals surface area (Å²) in [5.74, 6) is -3.71. The molecular weight excluding hydrogens is 344 g/mol. The number of carboxylic acids is 3. The normalized spacial score (nSPS) is 11.8. The molecule has 0 aliphatic rings. The first-order valence-electron chi connectivity index (χ1n) is 6.44. The van der Waals surface area contributed by atoms with Crippen molar-refractivity contribution >= 4 is 27.9 Å². The lowest BCUT2D eigenvalue weighted by atomic mass is 10.2. The van der Waals surface area contributed by atoms with Crippen molar-refractivity contribution in [2.45, 2.75) is 24.3 Å². The molecule has 10 nitrogen and oxygen atoms in total. The molecule has 0 aliphatic carbocycles. The number of sulfonamides is 1. The molecule has 0 spiro atoms. The average Bonchev–Trinajstić information content (AvgIpc) is 2.45. The molecule has 0 fully saturated rings. The van der Waals surface area contributed by atoms with Gasteiger partial charge in [0.2, 0.25) is 10.0 Å². The van der Waals surface area contributed by atoms with Gasteiger partial charge in [-0.2, -0.15) is 4.72 Å². The van der Waals surface area contributed by atoms with E-state index in [2.05, 4.69) is 0 Å². The highest BCUT2D eigenvalue weighted by Crippen LogP contribution is 2.09. The second-order valence-corrected chi connectivity index (χ2v) is 6.34. The lowest BCUT2D eigenvalue weighted by molar-refractivity contribution is -0.144. The minimum atomic E-state index is -3.70. The fraction of sp³-hybridized carbons (Fsp3) is 0.308. The van der Waals surface area contributed by atoms with Gasteiger partial charge in [0.25, 0.3) is 0 Å². The second kappa shape index (κ2) is 9.60. The number of rotatable bonds is 7. The maximum atomic E-state index is 11.5. The summed E-state index contributed by atoms with van der Waals surface area (Å²) in [4.78, 5) is 29.9. The van der Waals surface area contributed by atoms with Gasteiger partial charge in [0, 0.05) is 0 Å². The number of carboxylic acid groups (broad SMARTS) is 3. The zero-order valence-corrected chi connectivity index (χ0v) is 13.5. The Morgan fingerprint density at radius 3 is 1.92 bits per heavy atom. The maximum absolute atomic E-state index is 11.5. The van der Waals surface area contributed by atoms with Crippen LogP contribution in [0, 0.1) is 6.92 Å². The zero-order chi connectivity index (χ0) is 18.9. The molecule has 24 heavy (non-hydrogen) atoms. The standard InChI is InChI=1S/C9H11NO4S.C4H7NO4/c1-7-2-4-8(5-3-7)15(13,14)10-6-9(11)12;5-2(4(8)9)1-3(6)7/h2-5,10H,6H2,1H3,(H,11,12);2H,1,5H2,(H,6,7)(H,8,9)/t;2-/m.0/s1. The van der Waals surface area contributed by atoms with Crippen molar-refractivity contribution in [3.05, 3.63) is 29.8 Å². The highest BCUT2D eigenvalue weighted by Gasteiger charge is 2.15. The van der Waals surface area contributed by atoms with Crippen LogP contribution < -0.4 is 10.5 Å². The van der Waals surface area contributed by atoms with E-state index in [-0.39, 0.29) is 4.90 Å². The summed E-state index contributed by atoms with van der Waals surface area (Å²) in [6.45, 7) is 1.22. The molecule has 0 aliphatic heterocycles. The Kier molecular flexibility index (Phi) is 8.60. The second-order valence-electron chi connectivity index (χ2n) is 4.57. The number of carbonyl (C=O) groups is 3. The molecule has 1 aromatic rings. The van der Waals surface area contributed by atoms with Gasteiger partial charge in [-0.15, -0.1) is 0 Å². The molecule has 0 aromatic heterocycles. The molecule has 1 rings (SSSR count). The molecular formula is C13H18N2O8S. The number of nitrogens with two attached hydrogens (primary N) is 1. The summed E-state index contributed by atoms with van der Waals surface area (Å²) < 4.78 is 24.9. The number of nitrogens with one attached hydrogen (secondary N) is 1. The molecule has 1 atom stereocenters. The molecule has 11 heteroatoms. The van der Waals surface area contributed by atoms with Gasteiger partial charge in [0.05, 0.1) is 11.3 Å². The van der Waals surface area contributed by atoms with Gasteiger partial charge in [0.1, 0.15) is 12.6 Å². The van der Waals surface area contributed by atoms with Gasteiger partial charge in [0.15, 0.2) is 0 Å². The maximum Gasteiger partial charge on any atom is 0.321 e. The van der Waals surface area contributed by atoms with E-state index in [1.807, 2.05) is 11.6 Å². The van der Waals surface area contributed by atoms with E-state index in [1.165, 1.54) is 12.1 Å². The van der Waals surface area contributed by atoms with E-state index in [9.17, 15) is 22.8 Å². The van der Waals surface area contributed by atoms with Gasteiger partial charge in [-0.25, -0.2) is 8.42 Å². The summed E-state index contributed by atoms with van der Waals surface area (Å²) in [5.41, 5.74) is 5.77. The minimum absolute atomic E-state index is 0.0642. The van der Waals surface area contributed by atoms with Crippen LogP contribution in [-0.4, -0.2) is 54.2 Å². The molecule has 1 aromatic carbocycles. The number of hydrogen-bond acceptors (Lipinski definition) is 6. The van der Waals surface area contributed by atoms with E-state index in [1.54, 1.807) is 12.1 Å². The minimum Gasteiger partial charge on any atom is -0.481 e. The van der Waals surface area contributed by atoms with Crippen molar-refractivity contribution in [3.8, 4) is 0 Å². The molecule has 0 bridgehead atoms. The van der Waals surface area contributed by atoms with E-state index in [0.29, 0.717) is 0 Å². The van der Waals surface area contributed by atoms with Crippen LogP contribution in [0.1, 0.15) is 12.0 Å². The van der Waals surface area contributed by atoms with Crippen LogP contribution in [0.25, 0.3) is 0 Å². The molecule has 0 radical (unpaired) electrons. The first-order valence-corrected chi connectivity index (χ1v) is 7.92. The van der Waals surface area contributed by atoms with Crippen LogP contribution in [0.2, 0.25) is 0 Å². The third-order valence-electron chi connectivity index (χ3n) is 2.46. The van der Waals surface area contributed by atoms with Gasteiger partial charge < -0.3 is 21.1 Å². The van der Waals surface area contributed by atoms with E-state index in [0.717, 1.165) is 5.56 Å². The predicted molar refractivity (Wildman–Crippen MR) is 81.9 cm³/mol. The number of hydrogen-bond donors (Lipinski definition) is 5. The molecule has 0 amide bonds. The monoisotopic (exact) mass is 362 g/mol. The smallest absolute Gasteiger partial charge is 0.321 e. The summed E-state index contributed by atoms with van der Waals surface area (Å²) in [7, 11) is -3.70. The third-order valence-corrected chi connectivity index (χ3v) is 3.87. The van der Waals surface area contributed by atoms with Crippen molar-refractivity contribution < 1.29 is 38.1 Å². The Morgan fingerprint density at radius 2 is 1.58 bits per heavy atom. The van der Waals surface area contributed by atoms with Gasteiger partial charge >= 0.3 is 17.9 Å². The lowest BCUT2D eigenvalue weighted by Gasteiger charge is -2.04. The summed E-state index contributed by atoms with van der Waals surface area (Å²) in [5, 5.41) is 24.4.